The van der Waals surface area contributed by atoms with E-state index < -0.39 is 95.4 Å². The van der Waals surface area contributed by atoms with Gasteiger partial charge in [-0.2, -0.15) is 0 Å². The predicted molar refractivity (Wildman–Crippen MR) is 438 cm³/mol. The van der Waals surface area contributed by atoms with Crippen LogP contribution in [0.1, 0.15) is 103 Å². The number of hydrogen-bond acceptors (Lipinski definition) is 32. The van der Waals surface area contributed by atoms with E-state index in [2.05, 4.69) is 67.7 Å². The number of benzene rings is 3. The number of aryl methyl sites for hydroxylation is 1. The van der Waals surface area contributed by atoms with Crippen LogP contribution >= 0.6 is 65.9 Å². The Bertz CT molecular complexity index is 4730. The zero-order valence-corrected chi connectivity index (χ0v) is 71.8. The molecule has 634 valence electrons. The molecule has 3 aromatic carbocycles. The highest BCUT2D eigenvalue weighted by molar-refractivity contribution is 9.10. The van der Waals surface area contributed by atoms with Gasteiger partial charge >= 0.3 is 35.8 Å². The summed E-state index contributed by atoms with van der Waals surface area (Å²) in [5.74, 6) is -5.72. The number of thiazole rings is 3. The lowest BCUT2D eigenvalue weighted by atomic mass is 9.91. The molecule has 3 fully saturated rings. The van der Waals surface area contributed by atoms with Gasteiger partial charge in [0.25, 0.3) is 5.91 Å². The molecule has 9 heterocycles. The summed E-state index contributed by atoms with van der Waals surface area (Å²) in [6.07, 6.45) is 4.59. The second-order valence-corrected chi connectivity index (χ2v) is 31.9. The lowest BCUT2D eigenvalue weighted by molar-refractivity contribution is -0.179. The number of aliphatic carboxylic acids is 1. The summed E-state index contributed by atoms with van der Waals surface area (Å²) in [7, 11) is 2.95. The normalized spacial score (nSPS) is 20.4. The number of aromatic nitrogens is 3. The Morgan fingerprint density at radius 2 is 1.06 bits per heavy atom. The first-order chi connectivity index (χ1) is 56.7. The minimum Gasteiger partial charge on any atom is -0.481 e. The van der Waals surface area contributed by atoms with E-state index in [1.807, 2.05) is 34.4 Å². The fourth-order valence-corrected chi connectivity index (χ4v) is 16.3. The first kappa shape index (κ1) is 91.2. The van der Waals surface area contributed by atoms with Crippen LogP contribution in [0.15, 0.2) is 147 Å². The third-order valence-corrected chi connectivity index (χ3v) is 23.1. The van der Waals surface area contributed by atoms with E-state index in [0.29, 0.717) is 139 Å². The van der Waals surface area contributed by atoms with E-state index in [-0.39, 0.29) is 94.8 Å². The molecule has 5 unspecified atom stereocenters. The van der Waals surface area contributed by atoms with E-state index in [9.17, 15) is 51.8 Å². The van der Waals surface area contributed by atoms with Crippen molar-refractivity contribution in [2.75, 3.05) is 126 Å². The van der Waals surface area contributed by atoms with Crippen molar-refractivity contribution in [3.8, 4) is 0 Å². The molecule has 6 aliphatic heterocycles. The number of carboxylic acid groups (broad SMARTS) is 1. The number of amidine groups is 3. The van der Waals surface area contributed by atoms with Gasteiger partial charge in [0.2, 0.25) is 0 Å². The molecule has 6 aromatic rings. The lowest BCUT2D eigenvalue weighted by Gasteiger charge is -2.38. The number of nitrogens with two attached hydrogens (primary N) is 1. The van der Waals surface area contributed by atoms with Gasteiger partial charge in [-0.15, -0.1) is 34.0 Å². The fraction of sp³-hybridized carbons (Fsp3) is 0.456. The van der Waals surface area contributed by atoms with E-state index in [1.165, 1.54) is 84.6 Å². The molecular formula is C79H93Br2F3N14O17S3. The number of ether oxygens (including phenoxy) is 8. The van der Waals surface area contributed by atoms with Crippen LogP contribution in [0, 0.1) is 36.2 Å². The first-order valence-electron chi connectivity index (χ1n) is 38.0. The Morgan fingerprint density at radius 1 is 0.610 bits per heavy atom. The van der Waals surface area contributed by atoms with Crippen LogP contribution in [0.4, 0.5) is 13.2 Å². The van der Waals surface area contributed by atoms with Crippen LogP contribution in [0.25, 0.3) is 0 Å². The SMILES string of the molecule is CCOC(=O)C1=C(CN2CCOCC2CC(C(=O)O)C(=O)OCC)NC(c2nccs2)=NC1c1ccc(F)cc1C.CCOC(=O)C1=C(CN2CCOC[C@H]2C(=O)N(C)OC)NC(c2nccs2)=NC1c1ccc(F)cc1Br.CCOC(=O)C1=C(CN2CCO[C@H](COC(=O)[C@@H](N)C(C)C)C2)NC(c2nccs2)=NC1c1ccc(F)cc1Br. The molecule has 1 amide bonds. The number of carboxylic acids is 1. The molecule has 0 spiro atoms. The van der Waals surface area contributed by atoms with Gasteiger partial charge in [0.05, 0.1) is 83.3 Å². The summed E-state index contributed by atoms with van der Waals surface area (Å²) in [6, 6.07) is 8.67. The number of esters is 5. The van der Waals surface area contributed by atoms with Gasteiger partial charge in [0, 0.05) is 120 Å². The zero-order valence-electron chi connectivity index (χ0n) is 66.2. The number of rotatable bonds is 29. The maximum atomic E-state index is 14.0. The fourth-order valence-electron chi connectivity index (χ4n) is 13.4. The van der Waals surface area contributed by atoms with Gasteiger partial charge in [-0.1, -0.05) is 63.9 Å². The minimum absolute atomic E-state index is 0.0373. The van der Waals surface area contributed by atoms with E-state index in [0.717, 1.165) is 5.06 Å². The summed E-state index contributed by atoms with van der Waals surface area (Å²) in [5, 5.41) is 28.1. The summed E-state index contributed by atoms with van der Waals surface area (Å²) >= 11 is 11.0. The average molecular weight is 1820 g/mol. The van der Waals surface area contributed by atoms with Crippen molar-refractivity contribution in [1.82, 2.24) is 50.7 Å². The van der Waals surface area contributed by atoms with Gasteiger partial charge in [-0.25, -0.2) is 47.6 Å². The molecule has 3 saturated heterocycles. The molecule has 31 nitrogen and oxygen atoms in total. The van der Waals surface area contributed by atoms with Crippen molar-refractivity contribution >= 4 is 125 Å². The summed E-state index contributed by atoms with van der Waals surface area (Å²) < 4.78 is 86.7. The van der Waals surface area contributed by atoms with Crippen LogP contribution in [0.3, 0.4) is 0 Å². The number of likely N-dealkylation sites (N-methyl/N-ethyl adjacent to an activating group) is 1. The Labute approximate surface area is 708 Å². The average Bonchev–Trinajstić information content (AvgIpc) is 0.987. The number of hydroxylamine groups is 2. The molecule has 6 aliphatic rings. The minimum atomic E-state index is -1.37. The number of amides is 1. The molecule has 6 N–H and O–H groups in total. The molecule has 3 aromatic heterocycles. The molecule has 0 bridgehead atoms. The second kappa shape index (κ2) is 43.7. The molecule has 118 heavy (non-hydrogen) atoms. The van der Waals surface area contributed by atoms with E-state index >= 15 is 0 Å². The summed E-state index contributed by atoms with van der Waals surface area (Å²) in [4.78, 5) is 128. The van der Waals surface area contributed by atoms with Crippen LogP contribution in [0.5, 0.6) is 0 Å². The van der Waals surface area contributed by atoms with Gasteiger partial charge in [-0.05, 0) is 106 Å². The maximum absolute atomic E-state index is 14.0. The topological polar surface area (TPSA) is 374 Å². The van der Waals surface area contributed by atoms with Gasteiger partial charge in [-0.3, -0.25) is 53.7 Å². The number of halogens is 5. The number of hydrogen-bond donors (Lipinski definition) is 5. The summed E-state index contributed by atoms with van der Waals surface area (Å²) in [6.45, 7) is 17.1. The number of morpholine rings is 3. The predicted octanol–water partition coefficient (Wildman–Crippen LogP) is 8.71. The van der Waals surface area contributed by atoms with Crippen molar-refractivity contribution in [2.24, 2.45) is 32.5 Å². The van der Waals surface area contributed by atoms with Gasteiger partial charge < -0.3 is 64.7 Å². The Morgan fingerprint density at radius 3 is 1.50 bits per heavy atom. The van der Waals surface area contributed by atoms with Crippen molar-refractivity contribution in [3.63, 3.8) is 0 Å². The van der Waals surface area contributed by atoms with Crippen molar-refractivity contribution in [2.45, 2.75) is 97.2 Å². The standard InChI is InChI=1S/C28H33FN4O7S.C27H33BrFN5O5S.C24H27BrFN5O5S/c1-4-39-27(36)20(26(34)35)13-18-15-38-10-9-33(18)14-21-22(28(37)40-5-2)23(19-7-6-17(29)12-16(19)3)32-24(31-21)25-30-8-11-41-25;1-4-37-26(35)21-20(13-34-8-9-38-17(12-34)14-39-27(36)22(30)15(2)3)32-24(25-31-7-10-40-25)33-23(21)18-6-5-16(29)11-19(18)28;1-4-36-24(33)19-17(12-31-8-9-35-13-18(31)23(32)30(2)34-3)28-21(22-27-7-10-37-22)29-20(19)15-6-5-14(26)11-16(15)25/h6-8,11-12,18,20,23H,4-5,9-10,13-15H2,1-3H3,(H,31,32)(H,34,35);5-7,10-11,15,17,22-23H,4,8-9,12-14,30H2,1-3H3,(H,32,33);5-7,10-11,18,20H,4,8-9,12-13H2,1-3H3,(H,28,29)/t;17-,22-,23?;18-,20?/m.00/s1. The third-order valence-electron chi connectivity index (χ3n) is 19.4. The molecule has 12 rings (SSSR count). The van der Waals surface area contributed by atoms with Gasteiger partial charge in [0.15, 0.2) is 38.4 Å². The molecule has 39 heteroatoms. The number of nitrogens with one attached hydrogen (secondary N) is 3. The largest absolute Gasteiger partial charge is 0.481 e. The monoisotopic (exact) mass is 1820 g/mol. The molecule has 0 radical (unpaired) electrons. The molecule has 8 atom stereocenters. The summed E-state index contributed by atoms with van der Waals surface area (Å²) in [5.41, 5.74) is 10.8. The number of aliphatic imine (C=N–C) groups is 3. The highest BCUT2D eigenvalue weighted by atomic mass is 79.9. The van der Waals surface area contributed by atoms with Gasteiger partial charge in [0.1, 0.15) is 60.4 Å². The second-order valence-electron chi connectivity index (χ2n) is 27.5. The third kappa shape index (κ3) is 23.5. The van der Waals surface area contributed by atoms with Crippen molar-refractivity contribution in [1.29, 1.82) is 0 Å². The van der Waals surface area contributed by atoms with Crippen LogP contribution < -0.4 is 21.7 Å². The highest BCUT2D eigenvalue weighted by Crippen LogP contribution is 2.41. The van der Waals surface area contributed by atoms with Crippen LogP contribution in [-0.4, -0.2) is 249 Å². The Balaban J connectivity index is 0.000000187. The van der Waals surface area contributed by atoms with Crippen LogP contribution in [-0.2, 0) is 76.3 Å². The number of carbonyl (C=O) groups excluding carboxylic acids is 6. The molecule has 0 aliphatic carbocycles. The smallest absolute Gasteiger partial charge is 0.338 e. The first-order valence-corrected chi connectivity index (χ1v) is 42.2. The lowest BCUT2D eigenvalue weighted by Crippen LogP contribution is -2.55. The van der Waals surface area contributed by atoms with E-state index in [1.54, 1.807) is 76.8 Å². The Kier molecular flexibility index (Phi) is 33.8. The Hall–Kier alpha value is -9.10. The van der Waals surface area contributed by atoms with Crippen LogP contribution in [0.2, 0.25) is 0 Å². The quantitative estimate of drug-likeness (QED) is 0.0127. The highest BCUT2D eigenvalue weighted by Gasteiger charge is 2.42. The van der Waals surface area contributed by atoms with E-state index in [4.69, 9.17) is 63.4 Å². The molecular weight excluding hydrogens is 1730 g/mol. The van der Waals surface area contributed by atoms with Crippen molar-refractivity contribution in [3.05, 3.63) is 187 Å². The molecule has 0 saturated carbocycles. The maximum Gasteiger partial charge on any atom is 0.338 e. The number of carbonyl (C=O) groups is 7. The number of nitrogens with zero attached hydrogens (tertiary/aromatic N) is 10. The van der Waals surface area contributed by atoms with Crippen molar-refractivity contribution < 1.29 is 94.6 Å². The zero-order chi connectivity index (χ0) is 84.9.